The maximum atomic E-state index is 12.8. The Kier molecular flexibility index (Phi) is 3.49. The van der Waals surface area contributed by atoms with E-state index in [9.17, 15) is 4.39 Å². The molecule has 0 spiro atoms. The zero-order chi connectivity index (χ0) is 12.3. The number of rotatable bonds is 3. The summed E-state index contributed by atoms with van der Waals surface area (Å²) in [6, 6.07) is 11.4. The molecule has 2 aromatic rings. The lowest BCUT2D eigenvalue weighted by Crippen LogP contribution is -2.18. The van der Waals surface area contributed by atoms with Crippen LogP contribution >= 0.6 is 0 Å². The standard InChI is InChI=1S/C14H15FN2/c1-10-3-5-11(6-4-10)14(16-2)13-8-7-12(15)9-17-13/h3-9,14,16H,1-2H3. The van der Waals surface area contributed by atoms with E-state index in [0.717, 1.165) is 11.3 Å². The van der Waals surface area contributed by atoms with Crippen LogP contribution in [0.4, 0.5) is 4.39 Å². The second-order valence-corrected chi connectivity index (χ2v) is 4.03. The van der Waals surface area contributed by atoms with Crippen molar-refractivity contribution in [1.82, 2.24) is 10.3 Å². The highest BCUT2D eigenvalue weighted by Gasteiger charge is 2.12. The van der Waals surface area contributed by atoms with E-state index in [1.807, 2.05) is 14.0 Å². The van der Waals surface area contributed by atoms with Gasteiger partial charge < -0.3 is 5.32 Å². The summed E-state index contributed by atoms with van der Waals surface area (Å²) in [5.41, 5.74) is 3.16. The maximum absolute atomic E-state index is 12.8. The molecule has 88 valence electrons. The molecule has 3 heteroatoms. The summed E-state index contributed by atoms with van der Waals surface area (Å²) in [6.07, 6.45) is 1.24. The van der Waals surface area contributed by atoms with E-state index in [4.69, 9.17) is 0 Å². The highest BCUT2D eigenvalue weighted by atomic mass is 19.1. The molecule has 2 nitrogen and oxygen atoms in total. The molecule has 1 aromatic carbocycles. The molecular weight excluding hydrogens is 215 g/mol. The second-order valence-electron chi connectivity index (χ2n) is 4.03. The third-order valence-electron chi connectivity index (χ3n) is 2.75. The van der Waals surface area contributed by atoms with E-state index in [1.165, 1.54) is 17.8 Å². The topological polar surface area (TPSA) is 24.9 Å². The normalized spacial score (nSPS) is 12.4. The Balaban J connectivity index is 2.33. The van der Waals surface area contributed by atoms with Gasteiger partial charge in [-0.2, -0.15) is 0 Å². The van der Waals surface area contributed by atoms with Crippen LogP contribution in [0.3, 0.4) is 0 Å². The number of nitrogens with zero attached hydrogens (tertiary/aromatic N) is 1. The fourth-order valence-electron chi connectivity index (χ4n) is 1.80. The smallest absolute Gasteiger partial charge is 0.141 e. The first-order chi connectivity index (χ1) is 8.20. The minimum atomic E-state index is -0.312. The molecule has 1 unspecified atom stereocenters. The van der Waals surface area contributed by atoms with Crippen LogP contribution in [0.5, 0.6) is 0 Å². The average Bonchev–Trinajstić information content (AvgIpc) is 2.35. The number of aryl methyl sites for hydroxylation is 1. The van der Waals surface area contributed by atoms with E-state index in [-0.39, 0.29) is 11.9 Å². The van der Waals surface area contributed by atoms with Gasteiger partial charge in [0.25, 0.3) is 0 Å². The van der Waals surface area contributed by atoms with Crippen LogP contribution in [0.2, 0.25) is 0 Å². The average molecular weight is 230 g/mol. The van der Waals surface area contributed by atoms with Gasteiger partial charge in [0.2, 0.25) is 0 Å². The number of aromatic nitrogens is 1. The highest BCUT2D eigenvalue weighted by molar-refractivity contribution is 5.30. The van der Waals surface area contributed by atoms with Crippen molar-refractivity contribution in [2.24, 2.45) is 0 Å². The molecular formula is C14H15FN2. The maximum Gasteiger partial charge on any atom is 0.141 e. The van der Waals surface area contributed by atoms with Gasteiger partial charge in [-0.3, -0.25) is 4.98 Å². The molecule has 1 atom stereocenters. The van der Waals surface area contributed by atoms with Crippen LogP contribution in [0.15, 0.2) is 42.6 Å². The third-order valence-corrected chi connectivity index (χ3v) is 2.75. The fourth-order valence-corrected chi connectivity index (χ4v) is 1.80. The summed E-state index contributed by atoms with van der Waals surface area (Å²) in [6.45, 7) is 2.05. The van der Waals surface area contributed by atoms with Crippen molar-refractivity contribution in [1.29, 1.82) is 0 Å². The molecule has 17 heavy (non-hydrogen) atoms. The minimum Gasteiger partial charge on any atom is -0.308 e. The van der Waals surface area contributed by atoms with Crippen molar-refractivity contribution >= 4 is 0 Å². The quantitative estimate of drug-likeness (QED) is 0.877. The van der Waals surface area contributed by atoms with Crippen molar-refractivity contribution in [2.75, 3.05) is 7.05 Å². The number of pyridine rings is 1. The van der Waals surface area contributed by atoms with Crippen LogP contribution in [-0.4, -0.2) is 12.0 Å². The van der Waals surface area contributed by atoms with Crippen molar-refractivity contribution in [2.45, 2.75) is 13.0 Å². The Morgan fingerprint density at radius 3 is 2.35 bits per heavy atom. The molecule has 1 aromatic heterocycles. The SMILES string of the molecule is CNC(c1ccc(C)cc1)c1ccc(F)cn1. The van der Waals surface area contributed by atoms with Gasteiger partial charge >= 0.3 is 0 Å². The molecule has 0 bridgehead atoms. The molecule has 1 heterocycles. The van der Waals surface area contributed by atoms with Crippen molar-refractivity contribution in [3.8, 4) is 0 Å². The van der Waals surface area contributed by atoms with Crippen molar-refractivity contribution < 1.29 is 4.39 Å². The van der Waals surface area contributed by atoms with Crippen LogP contribution in [0.25, 0.3) is 0 Å². The van der Waals surface area contributed by atoms with Crippen LogP contribution < -0.4 is 5.32 Å². The molecule has 0 saturated heterocycles. The summed E-state index contributed by atoms with van der Waals surface area (Å²) in [4.78, 5) is 4.11. The van der Waals surface area contributed by atoms with E-state index >= 15 is 0 Å². The lowest BCUT2D eigenvalue weighted by molar-refractivity contribution is 0.610. The number of benzene rings is 1. The number of halogens is 1. The van der Waals surface area contributed by atoms with Gasteiger partial charge in [0, 0.05) is 0 Å². The zero-order valence-electron chi connectivity index (χ0n) is 9.94. The Morgan fingerprint density at radius 1 is 1.12 bits per heavy atom. The van der Waals surface area contributed by atoms with E-state index in [1.54, 1.807) is 6.07 Å². The summed E-state index contributed by atoms with van der Waals surface area (Å²) in [5.74, 6) is -0.312. The van der Waals surface area contributed by atoms with Crippen LogP contribution in [0, 0.1) is 12.7 Å². The number of hydrogen-bond acceptors (Lipinski definition) is 2. The Bertz CT molecular complexity index is 431. The van der Waals surface area contributed by atoms with Gasteiger partial charge in [-0.1, -0.05) is 29.8 Å². The highest BCUT2D eigenvalue weighted by Crippen LogP contribution is 2.20. The van der Waals surface area contributed by atoms with Gasteiger partial charge in [-0.15, -0.1) is 0 Å². The van der Waals surface area contributed by atoms with Gasteiger partial charge in [0.05, 0.1) is 17.9 Å². The first-order valence-electron chi connectivity index (χ1n) is 5.56. The molecule has 2 rings (SSSR count). The predicted molar refractivity (Wildman–Crippen MR) is 66.3 cm³/mol. The summed E-state index contributed by atoms with van der Waals surface area (Å²) >= 11 is 0. The lowest BCUT2D eigenvalue weighted by atomic mass is 10.0. The molecule has 0 fully saturated rings. The Labute approximate surface area is 101 Å². The summed E-state index contributed by atoms with van der Waals surface area (Å²) < 4.78 is 12.8. The second kappa shape index (κ2) is 5.06. The summed E-state index contributed by atoms with van der Waals surface area (Å²) in [7, 11) is 1.87. The van der Waals surface area contributed by atoms with E-state index in [2.05, 4.69) is 34.6 Å². The first kappa shape index (κ1) is 11.7. The monoisotopic (exact) mass is 230 g/mol. The molecule has 0 aliphatic rings. The Morgan fingerprint density at radius 2 is 1.82 bits per heavy atom. The predicted octanol–water partition coefficient (Wildman–Crippen LogP) is 2.84. The van der Waals surface area contributed by atoms with Crippen LogP contribution in [-0.2, 0) is 0 Å². The van der Waals surface area contributed by atoms with Crippen molar-refractivity contribution in [3.05, 3.63) is 65.2 Å². The summed E-state index contributed by atoms with van der Waals surface area (Å²) in [5, 5.41) is 3.19. The minimum absolute atomic E-state index is 0.00352. The number of nitrogens with one attached hydrogen (secondary N) is 1. The van der Waals surface area contributed by atoms with E-state index < -0.39 is 0 Å². The van der Waals surface area contributed by atoms with Crippen LogP contribution in [0.1, 0.15) is 22.9 Å². The van der Waals surface area contributed by atoms with Gasteiger partial charge in [-0.05, 0) is 31.7 Å². The molecule has 0 amide bonds. The molecule has 1 N–H and O–H groups in total. The third kappa shape index (κ3) is 2.68. The first-order valence-corrected chi connectivity index (χ1v) is 5.56. The lowest BCUT2D eigenvalue weighted by Gasteiger charge is -2.16. The zero-order valence-corrected chi connectivity index (χ0v) is 9.94. The van der Waals surface area contributed by atoms with E-state index in [0.29, 0.717) is 0 Å². The van der Waals surface area contributed by atoms with Crippen molar-refractivity contribution in [3.63, 3.8) is 0 Å². The molecule has 0 aliphatic heterocycles. The largest absolute Gasteiger partial charge is 0.308 e. The number of hydrogen-bond donors (Lipinski definition) is 1. The van der Waals surface area contributed by atoms with Gasteiger partial charge in [0.15, 0.2) is 0 Å². The van der Waals surface area contributed by atoms with Gasteiger partial charge in [-0.25, -0.2) is 4.39 Å². The molecule has 0 aliphatic carbocycles. The fraction of sp³-hybridized carbons (Fsp3) is 0.214. The molecule has 0 radical (unpaired) electrons. The Hall–Kier alpha value is -1.74. The molecule has 0 saturated carbocycles. The van der Waals surface area contributed by atoms with Gasteiger partial charge in [0.1, 0.15) is 5.82 Å².